The minimum Gasteiger partial charge on any atom is -0.482 e. The molecular weight excluding hydrogens is 515 g/mol. The van der Waals surface area contributed by atoms with Crippen LogP contribution in [0.2, 0.25) is 0 Å². The Hall–Kier alpha value is -3.86. The zero-order valence-corrected chi connectivity index (χ0v) is 22.7. The van der Waals surface area contributed by atoms with Crippen molar-refractivity contribution in [2.24, 2.45) is 0 Å². The molecule has 0 saturated heterocycles. The van der Waals surface area contributed by atoms with Gasteiger partial charge in [-0.15, -0.1) is 0 Å². The van der Waals surface area contributed by atoms with E-state index in [4.69, 9.17) is 14.2 Å². The lowest BCUT2D eigenvalue weighted by Gasteiger charge is -2.24. The standard InChI is InChI=1S/C27H31FN2O7S/c1-6-35-25(31)18-36-20-10-9-11-21(15-20)38(33,34)30-17-19(16-29(5)26(32)37-27(2,3)4)14-24(30)22-12-7-8-13-23(22)28/h7-15,17H,6,16,18H2,1-5H3. The van der Waals surface area contributed by atoms with Gasteiger partial charge in [0.25, 0.3) is 10.0 Å². The molecule has 204 valence electrons. The van der Waals surface area contributed by atoms with E-state index in [1.165, 1.54) is 66.7 Å². The number of benzene rings is 2. The predicted molar refractivity (Wildman–Crippen MR) is 139 cm³/mol. The molecule has 0 bridgehead atoms. The van der Waals surface area contributed by atoms with Gasteiger partial charge in [-0.2, -0.15) is 0 Å². The Kier molecular flexibility index (Phi) is 8.82. The number of carbonyl (C=O) groups is 2. The van der Waals surface area contributed by atoms with E-state index in [1.54, 1.807) is 33.8 Å². The van der Waals surface area contributed by atoms with Crippen molar-refractivity contribution < 1.29 is 36.6 Å². The van der Waals surface area contributed by atoms with Crippen molar-refractivity contribution in [2.45, 2.75) is 44.7 Å². The Bertz CT molecular complexity index is 1410. The number of ether oxygens (including phenoxy) is 3. The number of halogens is 1. The van der Waals surface area contributed by atoms with Gasteiger partial charge in [-0.3, -0.25) is 0 Å². The van der Waals surface area contributed by atoms with Crippen LogP contribution >= 0.6 is 0 Å². The largest absolute Gasteiger partial charge is 0.482 e. The Morgan fingerprint density at radius 2 is 1.76 bits per heavy atom. The first kappa shape index (κ1) is 28.7. The minimum absolute atomic E-state index is 0.0155. The second kappa shape index (κ2) is 11.7. The van der Waals surface area contributed by atoms with E-state index in [-0.39, 0.29) is 41.7 Å². The molecule has 1 aromatic heterocycles. The zero-order chi connectivity index (χ0) is 28.1. The molecule has 1 heterocycles. The van der Waals surface area contributed by atoms with Gasteiger partial charge in [0.1, 0.15) is 17.2 Å². The van der Waals surface area contributed by atoms with E-state index in [9.17, 15) is 22.4 Å². The molecule has 0 atom stereocenters. The molecule has 0 N–H and O–H groups in total. The Balaban J connectivity index is 2.00. The molecule has 3 rings (SSSR count). The third-order valence-electron chi connectivity index (χ3n) is 5.14. The lowest BCUT2D eigenvalue weighted by molar-refractivity contribution is -0.145. The lowest BCUT2D eigenvalue weighted by atomic mass is 10.1. The van der Waals surface area contributed by atoms with Crippen LogP contribution in [0.3, 0.4) is 0 Å². The van der Waals surface area contributed by atoms with Gasteiger partial charge in [-0.1, -0.05) is 18.2 Å². The van der Waals surface area contributed by atoms with E-state index >= 15 is 0 Å². The maximum absolute atomic E-state index is 14.8. The van der Waals surface area contributed by atoms with Gasteiger partial charge in [-0.05, 0) is 63.6 Å². The molecule has 0 aliphatic rings. The number of hydrogen-bond donors (Lipinski definition) is 0. The molecule has 3 aromatic rings. The number of esters is 1. The summed E-state index contributed by atoms with van der Waals surface area (Å²) in [6.45, 7) is 6.70. The van der Waals surface area contributed by atoms with Crippen LogP contribution in [0.4, 0.5) is 9.18 Å². The summed E-state index contributed by atoms with van der Waals surface area (Å²) in [6, 6.07) is 12.9. The number of carbonyl (C=O) groups excluding carboxylic acids is 2. The summed E-state index contributed by atoms with van der Waals surface area (Å²) in [6.07, 6.45) is 0.747. The van der Waals surface area contributed by atoms with Crippen molar-refractivity contribution in [3.63, 3.8) is 0 Å². The fraction of sp³-hybridized carbons (Fsp3) is 0.333. The maximum atomic E-state index is 14.8. The molecule has 0 fully saturated rings. The van der Waals surface area contributed by atoms with E-state index in [0.717, 1.165) is 3.97 Å². The van der Waals surface area contributed by atoms with Crippen LogP contribution in [-0.4, -0.2) is 55.2 Å². The molecule has 38 heavy (non-hydrogen) atoms. The van der Waals surface area contributed by atoms with Crippen molar-refractivity contribution in [3.8, 4) is 17.0 Å². The zero-order valence-electron chi connectivity index (χ0n) is 21.9. The second-order valence-corrected chi connectivity index (χ2v) is 11.2. The summed E-state index contributed by atoms with van der Waals surface area (Å²) in [4.78, 5) is 25.2. The van der Waals surface area contributed by atoms with Crippen LogP contribution in [0.5, 0.6) is 5.75 Å². The van der Waals surface area contributed by atoms with Crippen LogP contribution < -0.4 is 4.74 Å². The van der Waals surface area contributed by atoms with Crippen molar-refractivity contribution in [1.82, 2.24) is 8.87 Å². The molecule has 0 aliphatic carbocycles. The third kappa shape index (κ3) is 7.12. The SMILES string of the molecule is CCOC(=O)COc1cccc(S(=O)(=O)n2cc(CN(C)C(=O)OC(C)(C)C)cc2-c2ccccc2F)c1. The molecule has 0 aliphatic heterocycles. The highest BCUT2D eigenvalue weighted by molar-refractivity contribution is 7.90. The summed E-state index contributed by atoms with van der Waals surface area (Å²) in [7, 11) is -2.73. The highest BCUT2D eigenvalue weighted by atomic mass is 32.2. The second-order valence-electron chi connectivity index (χ2n) is 9.42. The fourth-order valence-corrected chi connectivity index (χ4v) is 4.94. The highest BCUT2D eigenvalue weighted by Gasteiger charge is 2.26. The van der Waals surface area contributed by atoms with E-state index in [2.05, 4.69) is 0 Å². The first-order valence-corrected chi connectivity index (χ1v) is 13.3. The molecule has 0 unspecified atom stereocenters. The van der Waals surface area contributed by atoms with Gasteiger partial charge in [0.15, 0.2) is 6.61 Å². The van der Waals surface area contributed by atoms with Crippen LogP contribution in [0, 0.1) is 5.82 Å². The summed E-state index contributed by atoms with van der Waals surface area (Å²) in [5.41, 5.74) is -0.125. The van der Waals surface area contributed by atoms with Gasteiger partial charge in [-0.25, -0.2) is 26.4 Å². The van der Waals surface area contributed by atoms with E-state index in [0.29, 0.717) is 5.56 Å². The monoisotopic (exact) mass is 546 g/mol. The maximum Gasteiger partial charge on any atom is 0.410 e. The Morgan fingerprint density at radius 3 is 2.42 bits per heavy atom. The number of rotatable bonds is 9. The van der Waals surface area contributed by atoms with Crippen molar-refractivity contribution in [1.29, 1.82) is 0 Å². The molecule has 0 radical (unpaired) electrons. The van der Waals surface area contributed by atoms with Crippen LogP contribution in [0.1, 0.15) is 33.3 Å². The van der Waals surface area contributed by atoms with Gasteiger partial charge in [0.2, 0.25) is 0 Å². The van der Waals surface area contributed by atoms with Gasteiger partial charge in [0.05, 0.1) is 23.7 Å². The Morgan fingerprint density at radius 1 is 1.05 bits per heavy atom. The normalized spacial score (nSPS) is 11.6. The topological polar surface area (TPSA) is 104 Å². The fourth-order valence-electron chi connectivity index (χ4n) is 3.51. The van der Waals surface area contributed by atoms with Crippen LogP contribution in [-0.2, 0) is 30.8 Å². The average molecular weight is 547 g/mol. The molecule has 0 spiro atoms. The third-order valence-corrected chi connectivity index (χ3v) is 6.81. The predicted octanol–water partition coefficient (Wildman–Crippen LogP) is 4.84. The number of hydrogen-bond acceptors (Lipinski definition) is 7. The summed E-state index contributed by atoms with van der Waals surface area (Å²) < 4.78 is 58.8. The number of amides is 1. The Labute approximate surface area is 221 Å². The van der Waals surface area contributed by atoms with Crippen LogP contribution in [0.25, 0.3) is 11.3 Å². The molecule has 2 aromatic carbocycles. The smallest absolute Gasteiger partial charge is 0.410 e. The molecule has 1 amide bonds. The van der Waals surface area contributed by atoms with Gasteiger partial charge < -0.3 is 19.1 Å². The van der Waals surface area contributed by atoms with Crippen molar-refractivity contribution in [2.75, 3.05) is 20.3 Å². The molecular formula is C27H31FN2O7S. The summed E-state index contributed by atoms with van der Waals surface area (Å²) in [5, 5.41) is 0. The van der Waals surface area contributed by atoms with Gasteiger partial charge >= 0.3 is 12.1 Å². The lowest BCUT2D eigenvalue weighted by Crippen LogP contribution is -2.33. The van der Waals surface area contributed by atoms with Gasteiger partial charge in [0, 0.05) is 24.9 Å². The molecule has 0 saturated carbocycles. The molecule has 9 nitrogen and oxygen atoms in total. The summed E-state index contributed by atoms with van der Waals surface area (Å²) >= 11 is 0. The van der Waals surface area contributed by atoms with E-state index < -0.39 is 33.5 Å². The number of nitrogens with zero attached hydrogens (tertiary/aromatic N) is 2. The van der Waals surface area contributed by atoms with E-state index in [1.807, 2.05) is 0 Å². The number of aromatic nitrogens is 1. The highest BCUT2D eigenvalue weighted by Crippen LogP contribution is 2.30. The average Bonchev–Trinajstić information content (AvgIpc) is 3.26. The molecule has 11 heteroatoms. The van der Waals surface area contributed by atoms with Crippen molar-refractivity contribution in [3.05, 3.63) is 72.2 Å². The summed E-state index contributed by atoms with van der Waals surface area (Å²) in [5.74, 6) is -1.06. The first-order valence-electron chi connectivity index (χ1n) is 11.9. The quantitative estimate of drug-likeness (QED) is 0.354. The first-order chi connectivity index (χ1) is 17.8. The van der Waals surface area contributed by atoms with Crippen molar-refractivity contribution >= 4 is 22.1 Å². The van der Waals surface area contributed by atoms with Crippen LogP contribution in [0.15, 0.2) is 65.7 Å². The minimum atomic E-state index is -4.25.